The second kappa shape index (κ2) is 7.61. The zero-order valence-electron chi connectivity index (χ0n) is 13.9. The first-order valence-electron chi connectivity index (χ1n) is 7.92. The summed E-state index contributed by atoms with van der Waals surface area (Å²) in [4.78, 5) is 14.2. The first-order valence-corrected chi connectivity index (χ1v) is 8.32. The molecule has 1 saturated heterocycles. The van der Waals surface area contributed by atoms with Crippen LogP contribution in [0.25, 0.3) is 6.08 Å². The Morgan fingerprint density at radius 3 is 2.38 bits per heavy atom. The van der Waals surface area contributed by atoms with Crippen LogP contribution in [0, 0.1) is 0 Å². The number of hydrogen-bond acceptors (Lipinski definition) is 3. The maximum absolute atomic E-state index is 12.7. The summed E-state index contributed by atoms with van der Waals surface area (Å²) in [6.07, 6.45) is 1.62. The topological polar surface area (TPSA) is 41.6 Å². The molecule has 4 nitrogen and oxygen atoms in total. The molecule has 1 unspecified atom stereocenters. The number of benzene rings is 2. The van der Waals surface area contributed by atoms with Gasteiger partial charge in [-0.25, -0.2) is 0 Å². The second-order valence-corrected chi connectivity index (χ2v) is 6.08. The predicted molar refractivity (Wildman–Crippen MR) is 98.5 cm³/mol. The Morgan fingerprint density at radius 1 is 1.12 bits per heavy atom. The summed E-state index contributed by atoms with van der Waals surface area (Å²) in [5, 5.41) is 3.25. The van der Waals surface area contributed by atoms with Crippen LogP contribution in [0.5, 0.6) is 5.75 Å². The van der Waals surface area contributed by atoms with Crippen LogP contribution in [-0.4, -0.2) is 22.5 Å². The third kappa shape index (κ3) is 3.88. The normalized spacial score (nSPS) is 16.9. The van der Waals surface area contributed by atoms with Gasteiger partial charge in [-0.3, -0.25) is 9.69 Å². The molecule has 0 bridgehead atoms. The fourth-order valence-corrected chi connectivity index (χ4v) is 3.04. The maximum atomic E-state index is 12.7. The highest BCUT2D eigenvalue weighted by Gasteiger charge is 2.34. The van der Waals surface area contributed by atoms with Crippen LogP contribution in [0.4, 0.5) is 8.78 Å². The smallest absolute Gasteiger partial charge is 0.387 e. The molecule has 1 atom stereocenters. The quantitative estimate of drug-likeness (QED) is 0.632. The van der Waals surface area contributed by atoms with E-state index in [-0.39, 0.29) is 17.7 Å². The lowest BCUT2D eigenvalue weighted by Crippen LogP contribution is -2.33. The van der Waals surface area contributed by atoms with E-state index in [1.54, 1.807) is 18.2 Å². The van der Waals surface area contributed by atoms with E-state index in [1.807, 2.05) is 37.3 Å². The van der Waals surface area contributed by atoms with Gasteiger partial charge in [0.05, 0.1) is 6.04 Å². The van der Waals surface area contributed by atoms with Crippen LogP contribution in [-0.2, 0) is 4.79 Å². The van der Waals surface area contributed by atoms with E-state index in [0.29, 0.717) is 16.4 Å². The summed E-state index contributed by atoms with van der Waals surface area (Å²) in [7, 11) is 0. The Kier molecular flexibility index (Phi) is 5.27. The van der Waals surface area contributed by atoms with Gasteiger partial charge in [-0.05, 0) is 48.5 Å². The van der Waals surface area contributed by atoms with Gasteiger partial charge >= 0.3 is 6.61 Å². The molecular weight excluding hydrogens is 358 g/mol. The van der Waals surface area contributed by atoms with E-state index >= 15 is 0 Å². The number of rotatable bonds is 5. The van der Waals surface area contributed by atoms with Crippen LogP contribution in [0.1, 0.15) is 24.1 Å². The van der Waals surface area contributed by atoms with Gasteiger partial charge in [-0.2, -0.15) is 8.78 Å². The largest absolute Gasteiger partial charge is 0.435 e. The molecule has 1 amide bonds. The lowest BCUT2D eigenvalue weighted by molar-refractivity contribution is -0.123. The minimum Gasteiger partial charge on any atom is -0.435 e. The van der Waals surface area contributed by atoms with Crippen molar-refractivity contribution < 1.29 is 18.3 Å². The molecule has 0 aromatic heterocycles. The summed E-state index contributed by atoms with van der Waals surface area (Å²) < 4.78 is 28.7. The van der Waals surface area contributed by atoms with Crippen LogP contribution < -0.4 is 10.1 Å². The van der Waals surface area contributed by atoms with Crippen molar-refractivity contribution in [2.75, 3.05) is 0 Å². The van der Waals surface area contributed by atoms with Gasteiger partial charge in [-0.15, -0.1) is 0 Å². The molecule has 1 aliphatic rings. The average Bonchev–Trinajstić information content (AvgIpc) is 2.90. The van der Waals surface area contributed by atoms with Gasteiger partial charge in [0.25, 0.3) is 5.91 Å². The lowest BCUT2D eigenvalue weighted by Gasteiger charge is -2.23. The van der Waals surface area contributed by atoms with E-state index in [9.17, 15) is 13.6 Å². The highest BCUT2D eigenvalue weighted by atomic mass is 32.1. The van der Waals surface area contributed by atoms with Gasteiger partial charge in [0.15, 0.2) is 5.11 Å². The van der Waals surface area contributed by atoms with Crippen LogP contribution >= 0.6 is 12.2 Å². The van der Waals surface area contributed by atoms with Gasteiger partial charge in [0, 0.05) is 0 Å². The molecule has 0 radical (unpaired) electrons. The van der Waals surface area contributed by atoms with E-state index in [1.165, 1.54) is 17.0 Å². The molecule has 1 fully saturated rings. The standard InChI is InChI=1S/C19H16F2N2O2S/c1-12(14-5-3-2-4-6-14)23-17(24)16(22-19(23)26)11-13-7-9-15(10-8-13)25-18(20)21/h2-12,18H,1H3,(H,22,26)/b16-11+. The number of carbonyl (C=O) groups excluding carboxylic acids is 1. The Bertz CT molecular complexity index is 838. The zero-order valence-corrected chi connectivity index (χ0v) is 14.7. The van der Waals surface area contributed by atoms with E-state index in [4.69, 9.17) is 12.2 Å². The highest BCUT2D eigenvalue weighted by Crippen LogP contribution is 2.26. The minimum atomic E-state index is -2.87. The Hall–Kier alpha value is -2.80. The van der Waals surface area contributed by atoms with Crippen molar-refractivity contribution in [1.29, 1.82) is 0 Å². The van der Waals surface area contributed by atoms with Crippen LogP contribution in [0.15, 0.2) is 60.3 Å². The Labute approximate surface area is 155 Å². The molecule has 1 heterocycles. The molecule has 134 valence electrons. The molecule has 0 aliphatic carbocycles. The fourth-order valence-electron chi connectivity index (χ4n) is 2.69. The SMILES string of the molecule is CC(c1ccccc1)N1C(=O)/C(=C\c2ccc(OC(F)F)cc2)NC1=S. The first-order chi connectivity index (χ1) is 12.5. The molecule has 3 rings (SSSR count). The van der Waals surface area contributed by atoms with Crippen molar-refractivity contribution in [1.82, 2.24) is 10.2 Å². The van der Waals surface area contributed by atoms with E-state index in [0.717, 1.165) is 5.56 Å². The number of carbonyl (C=O) groups is 1. The fraction of sp³-hybridized carbons (Fsp3) is 0.158. The molecule has 7 heteroatoms. The second-order valence-electron chi connectivity index (χ2n) is 5.70. The Balaban J connectivity index is 1.79. The van der Waals surface area contributed by atoms with Crippen LogP contribution in [0.3, 0.4) is 0 Å². The molecule has 1 aliphatic heterocycles. The number of ether oxygens (including phenoxy) is 1. The predicted octanol–water partition coefficient (Wildman–Crippen LogP) is 4.11. The molecule has 0 saturated carbocycles. The summed E-state index contributed by atoms with van der Waals surface area (Å²) in [5.41, 5.74) is 1.97. The third-order valence-electron chi connectivity index (χ3n) is 4.00. The van der Waals surface area contributed by atoms with Crippen molar-refractivity contribution in [3.05, 3.63) is 71.4 Å². The average molecular weight is 374 g/mol. The summed E-state index contributed by atoms with van der Waals surface area (Å²) in [6.45, 7) is -0.969. The van der Waals surface area contributed by atoms with E-state index in [2.05, 4.69) is 10.1 Å². The lowest BCUT2D eigenvalue weighted by atomic mass is 10.1. The van der Waals surface area contributed by atoms with Crippen molar-refractivity contribution >= 4 is 29.3 Å². The van der Waals surface area contributed by atoms with Crippen molar-refractivity contribution in [2.24, 2.45) is 0 Å². The molecule has 26 heavy (non-hydrogen) atoms. The minimum absolute atomic E-state index is 0.0581. The first kappa shape index (κ1) is 18.0. The molecular formula is C19H16F2N2O2S. The molecule has 2 aromatic carbocycles. The third-order valence-corrected chi connectivity index (χ3v) is 4.29. The van der Waals surface area contributed by atoms with Crippen molar-refractivity contribution in [2.45, 2.75) is 19.6 Å². The van der Waals surface area contributed by atoms with Gasteiger partial charge in [0.1, 0.15) is 11.4 Å². The van der Waals surface area contributed by atoms with Crippen molar-refractivity contribution in [3.8, 4) is 5.75 Å². The van der Waals surface area contributed by atoms with E-state index < -0.39 is 6.61 Å². The summed E-state index contributed by atoms with van der Waals surface area (Å²) in [5.74, 6) is -0.179. The Morgan fingerprint density at radius 2 is 1.77 bits per heavy atom. The monoisotopic (exact) mass is 374 g/mol. The van der Waals surface area contributed by atoms with Gasteiger partial charge in [0.2, 0.25) is 0 Å². The highest BCUT2D eigenvalue weighted by molar-refractivity contribution is 7.80. The zero-order chi connectivity index (χ0) is 18.7. The van der Waals surface area contributed by atoms with Gasteiger partial charge in [-0.1, -0.05) is 42.5 Å². The van der Waals surface area contributed by atoms with Crippen molar-refractivity contribution in [3.63, 3.8) is 0 Å². The molecule has 1 N–H and O–H groups in total. The summed E-state index contributed by atoms with van der Waals surface area (Å²) >= 11 is 5.31. The molecule has 0 spiro atoms. The van der Waals surface area contributed by atoms with Crippen LogP contribution in [0.2, 0.25) is 0 Å². The number of nitrogens with one attached hydrogen (secondary N) is 1. The van der Waals surface area contributed by atoms with Gasteiger partial charge < -0.3 is 10.1 Å². The number of nitrogens with zero attached hydrogens (tertiary/aromatic N) is 1. The summed E-state index contributed by atoms with van der Waals surface area (Å²) in [6, 6.07) is 15.4. The number of amides is 1. The number of halogens is 2. The number of hydrogen-bond donors (Lipinski definition) is 1. The number of thiocarbonyl (C=S) groups is 1. The maximum Gasteiger partial charge on any atom is 0.387 e. The number of alkyl halides is 2. The molecule has 2 aromatic rings.